The lowest BCUT2D eigenvalue weighted by Gasteiger charge is -2.29. The van der Waals surface area contributed by atoms with Gasteiger partial charge in [0.1, 0.15) is 11.2 Å². The average Bonchev–Trinajstić information content (AvgIpc) is 3.06. The number of hydrogen-bond donors (Lipinski definition) is 0. The molecular weight excluding hydrogens is 389 g/mol. The van der Waals surface area contributed by atoms with Crippen molar-refractivity contribution >= 4 is 34.2 Å². The van der Waals surface area contributed by atoms with Gasteiger partial charge in [0.25, 0.3) is 5.56 Å². The molecule has 4 rings (SSSR count). The Labute approximate surface area is 166 Å². The highest BCUT2D eigenvalue weighted by molar-refractivity contribution is 6.42. The molecule has 1 aliphatic heterocycles. The highest BCUT2D eigenvalue weighted by Gasteiger charge is 2.22. The molecule has 27 heavy (non-hydrogen) atoms. The van der Waals surface area contributed by atoms with Crippen LogP contribution >= 0.6 is 23.2 Å². The maximum atomic E-state index is 12.8. The maximum Gasteiger partial charge on any atom is 0.264 e. The van der Waals surface area contributed by atoms with Gasteiger partial charge in [-0.15, -0.1) is 0 Å². The van der Waals surface area contributed by atoms with Gasteiger partial charge in [-0.05, 0) is 17.7 Å². The molecule has 0 spiro atoms. The SMILES string of the molecule is COCCn1ncc2c(=O)n3c(nc21)CN(Cc1ccc(Cl)c(Cl)c1)CC3. The van der Waals surface area contributed by atoms with Crippen LogP contribution in [-0.4, -0.2) is 44.5 Å². The third kappa shape index (κ3) is 3.60. The van der Waals surface area contributed by atoms with Crippen molar-refractivity contribution in [3.05, 3.63) is 56.2 Å². The van der Waals surface area contributed by atoms with Crippen molar-refractivity contribution < 1.29 is 4.74 Å². The molecule has 1 aliphatic rings. The summed E-state index contributed by atoms with van der Waals surface area (Å²) in [7, 11) is 1.64. The summed E-state index contributed by atoms with van der Waals surface area (Å²) in [5.41, 5.74) is 1.65. The van der Waals surface area contributed by atoms with E-state index in [4.69, 9.17) is 32.9 Å². The number of halogens is 2. The minimum Gasteiger partial charge on any atom is -0.383 e. The fourth-order valence-electron chi connectivity index (χ4n) is 3.34. The zero-order chi connectivity index (χ0) is 19.0. The second-order valence-electron chi connectivity index (χ2n) is 6.54. The van der Waals surface area contributed by atoms with Crippen molar-refractivity contribution in [1.82, 2.24) is 24.2 Å². The van der Waals surface area contributed by atoms with E-state index < -0.39 is 0 Å². The Hall–Kier alpha value is -1.93. The Morgan fingerprint density at radius 3 is 2.85 bits per heavy atom. The molecular formula is C18H19Cl2N5O2. The van der Waals surface area contributed by atoms with Gasteiger partial charge in [0.05, 0.1) is 35.9 Å². The highest BCUT2D eigenvalue weighted by atomic mass is 35.5. The number of methoxy groups -OCH3 is 1. The fraction of sp³-hybridized carbons (Fsp3) is 0.389. The van der Waals surface area contributed by atoms with E-state index in [1.165, 1.54) is 0 Å². The van der Waals surface area contributed by atoms with Crippen LogP contribution in [0.1, 0.15) is 11.4 Å². The van der Waals surface area contributed by atoms with Gasteiger partial charge in [-0.3, -0.25) is 14.3 Å². The molecule has 0 unspecified atom stereocenters. The van der Waals surface area contributed by atoms with Crippen molar-refractivity contribution in [2.24, 2.45) is 0 Å². The topological polar surface area (TPSA) is 65.2 Å². The van der Waals surface area contributed by atoms with Crippen molar-refractivity contribution in [1.29, 1.82) is 0 Å². The van der Waals surface area contributed by atoms with Crippen LogP contribution in [0.4, 0.5) is 0 Å². The van der Waals surface area contributed by atoms with Crippen LogP contribution < -0.4 is 5.56 Å². The van der Waals surface area contributed by atoms with Gasteiger partial charge < -0.3 is 4.74 Å². The van der Waals surface area contributed by atoms with Crippen LogP contribution in [0.25, 0.3) is 11.0 Å². The Morgan fingerprint density at radius 1 is 1.22 bits per heavy atom. The molecule has 0 bridgehead atoms. The lowest BCUT2D eigenvalue weighted by Crippen LogP contribution is -2.39. The van der Waals surface area contributed by atoms with E-state index in [0.717, 1.165) is 17.9 Å². The van der Waals surface area contributed by atoms with Gasteiger partial charge in [0, 0.05) is 26.7 Å². The van der Waals surface area contributed by atoms with Crippen LogP contribution in [0.5, 0.6) is 0 Å². The number of rotatable bonds is 5. The van der Waals surface area contributed by atoms with Crippen molar-refractivity contribution in [3.8, 4) is 0 Å². The van der Waals surface area contributed by atoms with Gasteiger partial charge in [0.2, 0.25) is 0 Å². The molecule has 9 heteroatoms. The van der Waals surface area contributed by atoms with Gasteiger partial charge in [-0.25, -0.2) is 9.67 Å². The van der Waals surface area contributed by atoms with E-state index in [0.29, 0.717) is 53.9 Å². The molecule has 0 fully saturated rings. The average molecular weight is 408 g/mol. The molecule has 0 radical (unpaired) electrons. The summed E-state index contributed by atoms with van der Waals surface area (Å²) in [5.74, 6) is 0.748. The zero-order valence-electron chi connectivity index (χ0n) is 14.9. The molecule has 0 atom stereocenters. The van der Waals surface area contributed by atoms with E-state index >= 15 is 0 Å². The highest BCUT2D eigenvalue weighted by Crippen LogP contribution is 2.24. The Balaban J connectivity index is 1.61. The van der Waals surface area contributed by atoms with Crippen molar-refractivity contribution in [2.45, 2.75) is 26.2 Å². The van der Waals surface area contributed by atoms with Gasteiger partial charge in [0.15, 0.2) is 5.65 Å². The molecule has 0 N–H and O–H groups in total. The second kappa shape index (κ2) is 7.59. The first-order valence-electron chi connectivity index (χ1n) is 8.67. The quantitative estimate of drug-likeness (QED) is 0.650. The molecule has 0 aliphatic carbocycles. The van der Waals surface area contributed by atoms with Crippen molar-refractivity contribution in [3.63, 3.8) is 0 Å². The summed E-state index contributed by atoms with van der Waals surface area (Å²) in [4.78, 5) is 19.8. The molecule has 3 aromatic rings. The summed E-state index contributed by atoms with van der Waals surface area (Å²) < 4.78 is 8.58. The summed E-state index contributed by atoms with van der Waals surface area (Å²) in [6.07, 6.45) is 1.59. The fourth-order valence-corrected chi connectivity index (χ4v) is 3.66. The smallest absolute Gasteiger partial charge is 0.264 e. The molecule has 7 nitrogen and oxygen atoms in total. The summed E-state index contributed by atoms with van der Waals surface area (Å²) >= 11 is 12.1. The molecule has 1 aromatic carbocycles. The number of aromatic nitrogens is 4. The van der Waals surface area contributed by atoms with Crippen molar-refractivity contribution in [2.75, 3.05) is 20.3 Å². The monoisotopic (exact) mass is 407 g/mol. The molecule has 0 saturated heterocycles. The van der Waals surface area contributed by atoms with Crippen LogP contribution in [0.2, 0.25) is 10.0 Å². The Kier molecular flexibility index (Phi) is 5.19. The predicted octanol–water partition coefficient (Wildman–Crippen LogP) is 2.56. The first-order valence-corrected chi connectivity index (χ1v) is 9.43. The van der Waals surface area contributed by atoms with E-state index in [9.17, 15) is 4.79 Å². The first kappa shape index (κ1) is 18.4. The molecule has 2 aromatic heterocycles. The maximum absolute atomic E-state index is 12.8. The molecule has 142 valence electrons. The number of fused-ring (bicyclic) bond motifs is 2. The minimum absolute atomic E-state index is 0.0344. The lowest BCUT2D eigenvalue weighted by atomic mass is 10.2. The molecule has 3 heterocycles. The third-order valence-corrected chi connectivity index (χ3v) is 5.48. The summed E-state index contributed by atoms with van der Waals surface area (Å²) in [6, 6.07) is 5.64. The van der Waals surface area contributed by atoms with E-state index in [-0.39, 0.29) is 5.56 Å². The van der Waals surface area contributed by atoms with Crippen LogP contribution in [-0.2, 0) is 30.9 Å². The first-order chi connectivity index (χ1) is 13.1. The molecule has 0 saturated carbocycles. The lowest BCUT2D eigenvalue weighted by molar-refractivity contribution is 0.184. The predicted molar refractivity (Wildman–Crippen MR) is 104 cm³/mol. The second-order valence-corrected chi connectivity index (χ2v) is 7.36. The standard InChI is InChI=1S/C18H19Cl2N5O2/c1-27-7-6-25-17-13(9-21-25)18(26)24-5-4-23(11-16(24)22-17)10-12-2-3-14(19)15(20)8-12/h2-3,8-9H,4-7,10-11H2,1H3. The number of nitrogens with zero attached hydrogens (tertiary/aromatic N) is 5. The van der Waals surface area contributed by atoms with Crippen LogP contribution in [0, 0.1) is 0 Å². The number of benzene rings is 1. The summed E-state index contributed by atoms with van der Waals surface area (Å²) in [5, 5.41) is 5.93. The minimum atomic E-state index is -0.0344. The normalized spacial score (nSPS) is 14.6. The zero-order valence-corrected chi connectivity index (χ0v) is 16.4. The molecule has 0 amide bonds. The Bertz CT molecular complexity index is 1050. The van der Waals surface area contributed by atoms with Gasteiger partial charge in [-0.2, -0.15) is 5.10 Å². The third-order valence-electron chi connectivity index (χ3n) is 4.74. The number of ether oxygens (including phenoxy) is 1. The van der Waals surface area contributed by atoms with Gasteiger partial charge >= 0.3 is 0 Å². The van der Waals surface area contributed by atoms with E-state index in [2.05, 4.69) is 10.00 Å². The summed E-state index contributed by atoms with van der Waals surface area (Å²) in [6.45, 7) is 3.73. The number of hydrogen-bond acceptors (Lipinski definition) is 5. The van der Waals surface area contributed by atoms with E-state index in [1.807, 2.05) is 12.1 Å². The van der Waals surface area contributed by atoms with Gasteiger partial charge in [-0.1, -0.05) is 29.3 Å². The van der Waals surface area contributed by atoms with E-state index in [1.54, 1.807) is 28.6 Å². The van der Waals surface area contributed by atoms with Crippen LogP contribution in [0.15, 0.2) is 29.2 Å². The van der Waals surface area contributed by atoms with Crippen LogP contribution in [0.3, 0.4) is 0 Å². The largest absolute Gasteiger partial charge is 0.383 e. The Morgan fingerprint density at radius 2 is 2.07 bits per heavy atom.